The Kier molecular flexibility index (Phi) is 4.95. The molecule has 1 atom stereocenters. The third kappa shape index (κ3) is 4.04. The highest BCUT2D eigenvalue weighted by atomic mass is 79.9. The maximum atomic E-state index is 12.2. The molecule has 0 saturated carbocycles. The first-order valence-corrected chi connectivity index (χ1v) is 7.30. The quantitative estimate of drug-likeness (QED) is 0.836. The van der Waals surface area contributed by atoms with Crippen LogP contribution in [0.15, 0.2) is 28.7 Å². The molecule has 6 nitrogen and oxygen atoms in total. The number of carbonyl (C=O) groups is 3. The first-order chi connectivity index (χ1) is 9.97. The number of hydrogen-bond donors (Lipinski definition) is 2. The maximum absolute atomic E-state index is 12.2. The first-order valence-electron chi connectivity index (χ1n) is 6.51. The molecule has 7 heteroatoms. The zero-order valence-electron chi connectivity index (χ0n) is 11.2. The van der Waals surface area contributed by atoms with Crippen molar-refractivity contribution in [2.45, 2.75) is 18.9 Å². The van der Waals surface area contributed by atoms with Crippen LogP contribution < -0.4 is 5.32 Å². The van der Waals surface area contributed by atoms with Crippen molar-refractivity contribution < 1.29 is 19.5 Å². The molecule has 112 valence electrons. The molecule has 1 unspecified atom stereocenters. The summed E-state index contributed by atoms with van der Waals surface area (Å²) in [6, 6.07) is 6.58. The highest BCUT2D eigenvalue weighted by Gasteiger charge is 2.34. The van der Waals surface area contributed by atoms with Gasteiger partial charge in [-0.25, -0.2) is 4.79 Å². The van der Waals surface area contributed by atoms with E-state index in [1.54, 1.807) is 0 Å². The second-order valence-corrected chi connectivity index (χ2v) is 5.73. The van der Waals surface area contributed by atoms with Gasteiger partial charge in [-0.05, 0) is 24.1 Å². The number of carboxylic acid groups (broad SMARTS) is 1. The Hall–Kier alpha value is -1.89. The van der Waals surface area contributed by atoms with Crippen molar-refractivity contribution >= 4 is 33.7 Å². The minimum Gasteiger partial charge on any atom is -0.480 e. The lowest BCUT2D eigenvalue weighted by molar-refractivity contribution is -0.154. The van der Waals surface area contributed by atoms with Gasteiger partial charge in [0.15, 0.2) is 0 Å². The van der Waals surface area contributed by atoms with Crippen molar-refractivity contribution in [1.29, 1.82) is 0 Å². The van der Waals surface area contributed by atoms with Gasteiger partial charge in [-0.1, -0.05) is 28.1 Å². The number of hydrogen-bond acceptors (Lipinski definition) is 3. The van der Waals surface area contributed by atoms with E-state index >= 15 is 0 Å². The van der Waals surface area contributed by atoms with E-state index < -0.39 is 12.0 Å². The molecule has 0 aromatic heterocycles. The van der Waals surface area contributed by atoms with Crippen molar-refractivity contribution in [3.05, 3.63) is 34.3 Å². The molecule has 1 heterocycles. The Labute approximate surface area is 130 Å². The molecule has 1 fully saturated rings. The summed E-state index contributed by atoms with van der Waals surface area (Å²) in [5.74, 6) is -1.76. The second kappa shape index (κ2) is 6.71. The molecule has 1 saturated heterocycles. The van der Waals surface area contributed by atoms with Gasteiger partial charge in [0.05, 0.1) is 0 Å². The molecule has 0 aliphatic carbocycles. The van der Waals surface area contributed by atoms with Crippen LogP contribution >= 0.6 is 15.9 Å². The lowest BCUT2D eigenvalue weighted by Crippen LogP contribution is -2.59. The van der Waals surface area contributed by atoms with E-state index in [2.05, 4.69) is 21.2 Å². The van der Waals surface area contributed by atoms with Gasteiger partial charge in [0.1, 0.15) is 12.6 Å². The Morgan fingerprint density at radius 3 is 2.86 bits per heavy atom. The topological polar surface area (TPSA) is 86.7 Å². The highest BCUT2D eigenvalue weighted by molar-refractivity contribution is 9.10. The maximum Gasteiger partial charge on any atom is 0.328 e. The van der Waals surface area contributed by atoms with Crippen LogP contribution in [0.25, 0.3) is 0 Å². The minimum absolute atomic E-state index is 0.0448. The molecule has 21 heavy (non-hydrogen) atoms. The Bertz CT molecular complexity index is 576. The van der Waals surface area contributed by atoms with Crippen LogP contribution in [0, 0.1) is 0 Å². The van der Waals surface area contributed by atoms with Crippen molar-refractivity contribution in [1.82, 2.24) is 10.2 Å². The number of benzene rings is 1. The lowest BCUT2D eigenvalue weighted by Gasteiger charge is -2.32. The van der Waals surface area contributed by atoms with Crippen molar-refractivity contribution in [3.8, 4) is 0 Å². The molecule has 2 N–H and O–H groups in total. The summed E-state index contributed by atoms with van der Waals surface area (Å²) in [6.07, 6.45) is 0.677. The van der Waals surface area contributed by atoms with E-state index in [1.807, 2.05) is 24.3 Å². The van der Waals surface area contributed by atoms with Gasteiger partial charge in [0.25, 0.3) is 0 Å². The zero-order valence-corrected chi connectivity index (χ0v) is 12.8. The van der Waals surface area contributed by atoms with Gasteiger partial charge in [0, 0.05) is 17.4 Å². The van der Waals surface area contributed by atoms with Gasteiger partial charge in [-0.3, -0.25) is 9.59 Å². The average molecular weight is 355 g/mol. The van der Waals surface area contributed by atoms with E-state index in [0.29, 0.717) is 6.42 Å². The van der Waals surface area contributed by atoms with Crippen molar-refractivity contribution in [2.75, 3.05) is 13.1 Å². The lowest BCUT2D eigenvalue weighted by atomic mass is 10.1. The SMILES string of the molecule is O=C1CN(C(=O)CCc2cccc(Br)c2)C(C(=O)O)CN1. The molecule has 1 aromatic carbocycles. The summed E-state index contributed by atoms with van der Waals surface area (Å²) >= 11 is 3.36. The standard InChI is InChI=1S/C14H15BrN2O4/c15-10-3-1-2-9(6-10)4-5-13(19)17-8-12(18)16-7-11(17)14(20)21/h1-3,6,11H,4-5,7-8H2,(H,16,18)(H,20,21). The van der Waals surface area contributed by atoms with Gasteiger partial charge in [-0.15, -0.1) is 0 Å². The number of carboxylic acids is 1. The van der Waals surface area contributed by atoms with Crippen LogP contribution in [0.3, 0.4) is 0 Å². The molecule has 0 bridgehead atoms. The molecule has 1 aliphatic rings. The van der Waals surface area contributed by atoms with Crippen LogP contribution in [-0.4, -0.2) is 46.9 Å². The average Bonchev–Trinajstić information content (AvgIpc) is 2.44. The summed E-state index contributed by atoms with van der Waals surface area (Å²) in [5.41, 5.74) is 0.978. The minimum atomic E-state index is -1.11. The van der Waals surface area contributed by atoms with Crippen LogP contribution in [0.5, 0.6) is 0 Å². The molecule has 0 radical (unpaired) electrons. The normalized spacial score (nSPS) is 18.2. The van der Waals surface area contributed by atoms with Crippen molar-refractivity contribution in [2.24, 2.45) is 0 Å². The number of aliphatic carboxylic acids is 1. The molecule has 0 spiro atoms. The predicted molar refractivity (Wildman–Crippen MR) is 78.6 cm³/mol. The zero-order chi connectivity index (χ0) is 15.4. The van der Waals surface area contributed by atoms with E-state index in [-0.39, 0.29) is 31.3 Å². The summed E-state index contributed by atoms with van der Waals surface area (Å²) < 4.78 is 0.924. The van der Waals surface area contributed by atoms with Gasteiger partial charge >= 0.3 is 5.97 Å². The molecule has 1 aliphatic heterocycles. The highest BCUT2D eigenvalue weighted by Crippen LogP contribution is 2.14. The van der Waals surface area contributed by atoms with Crippen LogP contribution in [0.2, 0.25) is 0 Å². The largest absolute Gasteiger partial charge is 0.480 e. The molecular weight excluding hydrogens is 340 g/mol. The number of rotatable bonds is 4. The van der Waals surface area contributed by atoms with E-state index in [9.17, 15) is 14.4 Å². The Balaban J connectivity index is 2.00. The summed E-state index contributed by atoms with van der Waals surface area (Å²) in [6.45, 7) is -0.245. The molecule has 2 rings (SSSR count). The number of halogens is 1. The van der Waals surface area contributed by atoms with E-state index in [0.717, 1.165) is 14.9 Å². The second-order valence-electron chi connectivity index (χ2n) is 4.81. The predicted octanol–water partition coefficient (Wildman–Crippen LogP) is 0.793. The monoisotopic (exact) mass is 354 g/mol. The van der Waals surface area contributed by atoms with Crippen LogP contribution in [-0.2, 0) is 20.8 Å². The van der Waals surface area contributed by atoms with Gasteiger partial charge in [-0.2, -0.15) is 0 Å². The Morgan fingerprint density at radius 2 is 2.19 bits per heavy atom. The summed E-state index contributed by atoms with van der Waals surface area (Å²) in [5, 5.41) is 11.6. The smallest absolute Gasteiger partial charge is 0.328 e. The Morgan fingerprint density at radius 1 is 1.43 bits per heavy atom. The fraction of sp³-hybridized carbons (Fsp3) is 0.357. The van der Waals surface area contributed by atoms with Crippen LogP contribution in [0.4, 0.5) is 0 Å². The van der Waals surface area contributed by atoms with Gasteiger partial charge < -0.3 is 15.3 Å². The van der Waals surface area contributed by atoms with E-state index in [1.165, 1.54) is 0 Å². The number of amides is 2. The van der Waals surface area contributed by atoms with Crippen molar-refractivity contribution in [3.63, 3.8) is 0 Å². The number of nitrogens with zero attached hydrogens (tertiary/aromatic N) is 1. The fourth-order valence-corrected chi connectivity index (χ4v) is 2.66. The van der Waals surface area contributed by atoms with E-state index in [4.69, 9.17) is 5.11 Å². The van der Waals surface area contributed by atoms with Gasteiger partial charge in [0.2, 0.25) is 11.8 Å². The third-order valence-electron chi connectivity index (χ3n) is 3.30. The third-order valence-corrected chi connectivity index (χ3v) is 3.80. The number of piperazine rings is 1. The molecule has 1 aromatic rings. The summed E-state index contributed by atoms with van der Waals surface area (Å²) in [7, 11) is 0. The first kappa shape index (κ1) is 15.5. The number of nitrogens with one attached hydrogen (secondary N) is 1. The summed E-state index contributed by atoms with van der Waals surface area (Å²) in [4.78, 5) is 35.8. The molecular formula is C14H15BrN2O4. The number of carbonyl (C=O) groups excluding carboxylic acids is 2. The fourth-order valence-electron chi connectivity index (χ4n) is 2.21. The number of aryl methyl sites for hydroxylation is 1. The molecule has 2 amide bonds. The van der Waals surface area contributed by atoms with Crippen LogP contribution in [0.1, 0.15) is 12.0 Å².